The van der Waals surface area contributed by atoms with Gasteiger partial charge in [0, 0.05) is 6.07 Å². The van der Waals surface area contributed by atoms with Gasteiger partial charge in [-0.2, -0.15) is 0 Å². The fourth-order valence-electron chi connectivity index (χ4n) is 1.77. The van der Waals surface area contributed by atoms with E-state index >= 15 is 0 Å². The van der Waals surface area contributed by atoms with Crippen LogP contribution in [0.4, 0.5) is 4.39 Å². The van der Waals surface area contributed by atoms with Gasteiger partial charge in [-0.3, -0.25) is 0 Å². The Morgan fingerprint density at radius 1 is 1.36 bits per heavy atom. The Morgan fingerprint density at radius 2 is 2.09 bits per heavy atom. The Hall–Kier alpha value is -1.44. The van der Waals surface area contributed by atoms with E-state index in [1.165, 1.54) is 12.1 Å². The Morgan fingerprint density at radius 3 is 2.68 bits per heavy atom. The van der Waals surface area contributed by atoms with Crippen molar-refractivity contribution in [3.8, 4) is 0 Å². The van der Waals surface area contributed by atoms with E-state index in [9.17, 15) is 12.8 Å². The molecule has 0 unspecified atom stereocenters. The molecule has 0 saturated carbocycles. The number of sulfonamides is 1. The smallest absolute Gasteiger partial charge is 0.216 e. The quantitative estimate of drug-likeness (QED) is 0.871. The largest absolute Gasteiger partial charge is 0.360 e. The van der Waals surface area contributed by atoms with Crippen molar-refractivity contribution < 1.29 is 17.3 Å². The SMILES string of the molecule is CC(C)c1cc(CNS(=O)(=O)Cc2ccc(F)c(Cl)c2)on1. The van der Waals surface area contributed by atoms with Gasteiger partial charge in [0.05, 0.1) is 23.0 Å². The van der Waals surface area contributed by atoms with Gasteiger partial charge in [-0.1, -0.05) is 36.7 Å². The summed E-state index contributed by atoms with van der Waals surface area (Å²) in [5, 5.41) is 3.75. The topological polar surface area (TPSA) is 72.2 Å². The van der Waals surface area contributed by atoms with Crippen molar-refractivity contribution in [2.24, 2.45) is 0 Å². The highest BCUT2D eigenvalue weighted by atomic mass is 35.5. The number of hydrogen-bond donors (Lipinski definition) is 1. The summed E-state index contributed by atoms with van der Waals surface area (Å²) in [4.78, 5) is 0. The summed E-state index contributed by atoms with van der Waals surface area (Å²) in [7, 11) is -3.59. The summed E-state index contributed by atoms with van der Waals surface area (Å²) >= 11 is 5.63. The average molecular weight is 347 g/mol. The molecule has 0 aliphatic rings. The first-order valence-corrected chi connectivity index (χ1v) is 8.66. The zero-order valence-corrected chi connectivity index (χ0v) is 13.7. The molecular formula is C14H16ClFN2O3S. The summed E-state index contributed by atoms with van der Waals surface area (Å²) in [5.74, 6) is -0.239. The molecular weight excluding hydrogens is 331 g/mol. The van der Waals surface area contributed by atoms with Crippen molar-refractivity contribution in [2.45, 2.75) is 32.1 Å². The van der Waals surface area contributed by atoms with E-state index in [0.717, 1.165) is 11.8 Å². The molecule has 1 aromatic heterocycles. The van der Waals surface area contributed by atoms with Crippen LogP contribution in [0.5, 0.6) is 0 Å². The second-order valence-electron chi connectivity index (χ2n) is 5.20. The fourth-order valence-corrected chi connectivity index (χ4v) is 3.05. The van der Waals surface area contributed by atoms with Gasteiger partial charge >= 0.3 is 0 Å². The van der Waals surface area contributed by atoms with Crippen LogP contribution < -0.4 is 4.72 Å². The molecule has 0 fully saturated rings. The fraction of sp³-hybridized carbons (Fsp3) is 0.357. The van der Waals surface area contributed by atoms with E-state index < -0.39 is 15.8 Å². The minimum atomic E-state index is -3.59. The Bertz CT molecular complexity index is 759. The molecule has 2 aromatic rings. The van der Waals surface area contributed by atoms with Gasteiger partial charge in [0.2, 0.25) is 10.0 Å². The highest BCUT2D eigenvalue weighted by Crippen LogP contribution is 2.18. The predicted molar refractivity (Wildman–Crippen MR) is 81.5 cm³/mol. The van der Waals surface area contributed by atoms with Crippen molar-refractivity contribution in [3.63, 3.8) is 0 Å². The summed E-state index contributed by atoms with van der Waals surface area (Å²) in [6.45, 7) is 3.94. The van der Waals surface area contributed by atoms with Crippen molar-refractivity contribution in [1.29, 1.82) is 0 Å². The summed E-state index contributed by atoms with van der Waals surface area (Å²) in [5.41, 5.74) is 1.17. The van der Waals surface area contributed by atoms with Crippen LogP contribution in [-0.2, 0) is 22.3 Å². The minimum Gasteiger partial charge on any atom is -0.360 e. The number of rotatable bonds is 6. The Kier molecular flexibility index (Phi) is 5.20. The van der Waals surface area contributed by atoms with Crippen LogP contribution in [0.15, 0.2) is 28.8 Å². The normalized spacial score (nSPS) is 12.0. The molecule has 1 N–H and O–H groups in total. The molecule has 0 aliphatic carbocycles. The first-order chi connectivity index (χ1) is 10.3. The molecule has 0 bridgehead atoms. The molecule has 22 heavy (non-hydrogen) atoms. The predicted octanol–water partition coefficient (Wildman–Crippen LogP) is 3.21. The van der Waals surface area contributed by atoms with E-state index in [0.29, 0.717) is 11.3 Å². The first-order valence-electron chi connectivity index (χ1n) is 6.63. The zero-order chi connectivity index (χ0) is 16.3. The molecule has 120 valence electrons. The second kappa shape index (κ2) is 6.76. The van der Waals surface area contributed by atoms with Gasteiger partial charge in [0.1, 0.15) is 5.82 Å². The number of halogens is 2. The van der Waals surface area contributed by atoms with E-state index in [4.69, 9.17) is 16.1 Å². The molecule has 0 radical (unpaired) electrons. The lowest BCUT2D eigenvalue weighted by atomic mass is 10.1. The van der Waals surface area contributed by atoms with E-state index in [1.807, 2.05) is 13.8 Å². The highest BCUT2D eigenvalue weighted by molar-refractivity contribution is 7.88. The van der Waals surface area contributed by atoms with Crippen molar-refractivity contribution in [2.75, 3.05) is 0 Å². The maximum Gasteiger partial charge on any atom is 0.216 e. The Labute approximate surface area is 133 Å². The molecule has 5 nitrogen and oxygen atoms in total. The lowest BCUT2D eigenvalue weighted by molar-refractivity contribution is 0.372. The molecule has 1 aromatic carbocycles. The number of nitrogens with zero attached hydrogens (tertiary/aromatic N) is 1. The van der Waals surface area contributed by atoms with E-state index in [2.05, 4.69) is 9.88 Å². The molecule has 2 rings (SSSR count). The maximum atomic E-state index is 13.1. The average Bonchev–Trinajstić information content (AvgIpc) is 2.90. The molecule has 0 saturated heterocycles. The van der Waals surface area contributed by atoms with Crippen LogP contribution in [0, 0.1) is 5.82 Å². The van der Waals surface area contributed by atoms with Crippen LogP contribution >= 0.6 is 11.6 Å². The van der Waals surface area contributed by atoms with Gasteiger partial charge in [0.25, 0.3) is 0 Å². The molecule has 0 spiro atoms. The van der Waals surface area contributed by atoms with Crippen LogP contribution in [0.25, 0.3) is 0 Å². The van der Waals surface area contributed by atoms with Crippen LogP contribution in [0.1, 0.15) is 36.8 Å². The minimum absolute atomic E-state index is 0.0109. The van der Waals surface area contributed by atoms with Crippen LogP contribution in [0.3, 0.4) is 0 Å². The van der Waals surface area contributed by atoms with E-state index in [-0.39, 0.29) is 23.2 Å². The number of benzene rings is 1. The molecule has 0 atom stereocenters. The third-order valence-electron chi connectivity index (χ3n) is 2.98. The zero-order valence-electron chi connectivity index (χ0n) is 12.1. The molecule has 1 heterocycles. The maximum absolute atomic E-state index is 13.1. The highest BCUT2D eigenvalue weighted by Gasteiger charge is 2.15. The van der Waals surface area contributed by atoms with Crippen LogP contribution in [0.2, 0.25) is 5.02 Å². The van der Waals surface area contributed by atoms with Crippen molar-refractivity contribution in [3.05, 3.63) is 52.1 Å². The van der Waals surface area contributed by atoms with Crippen LogP contribution in [-0.4, -0.2) is 13.6 Å². The monoisotopic (exact) mass is 346 g/mol. The number of aromatic nitrogens is 1. The standard InChI is InChI=1S/C14H16ClFN2O3S/c1-9(2)14-6-11(21-18-14)7-17-22(19,20)8-10-3-4-13(16)12(15)5-10/h3-6,9,17H,7-8H2,1-2H3. The summed E-state index contributed by atoms with van der Waals surface area (Å²) in [6.07, 6.45) is 0. The third kappa shape index (κ3) is 4.53. The van der Waals surface area contributed by atoms with Gasteiger partial charge in [-0.25, -0.2) is 17.5 Å². The third-order valence-corrected chi connectivity index (χ3v) is 4.56. The first kappa shape index (κ1) is 16.9. The lowest BCUT2D eigenvalue weighted by Gasteiger charge is -2.06. The molecule has 8 heteroatoms. The van der Waals surface area contributed by atoms with Gasteiger partial charge in [-0.15, -0.1) is 0 Å². The Balaban J connectivity index is 1.99. The lowest BCUT2D eigenvalue weighted by Crippen LogP contribution is -2.24. The van der Waals surface area contributed by atoms with E-state index in [1.54, 1.807) is 6.07 Å². The van der Waals surface area contributed by atoms with Crippen molar-refractivity contribution >= 4 is 21.6 Å². The van der Waals surface area contributed by atoms with Gasteiger partial charge in [-0.05, 0) is 23.6 Å². The molecule has 0 amide bonds. The van der Waals surface area contributed by atoms with Gasteiger partial charge in [0.15, 0.2) is 5.76 Å². The number of hydrogen-bond acceptors (Lipinski definition) is 4. The number of nitrogens with one attached hydrogen (secondary N) is 1. The molecule has 0 aliphatic heterocycles. The second-order valence-corrected chi connectivity index (χ2v) is 7.42. The van der Waals surface area contributed by atoms with Gasteiger partial charge < -0.3 is 4.52 Å². The summed E-state index contributed by atoms with van der Waals surface area (Å²) < 4.78 is 44.5. The summed E-state index contributed by atoms with van der Waals surface area (Å²) in [6, 6.07) is 5.52. The van der Waals surface area contributed by atoms with Crippen molar-refractivity contribution in [1.82, 2.24) is 9.88 Å².